The van der Waals surface area contributed by atoms with E-state index in [1.165, 1.54) is 17.0 Å². The SMILES string of the molecule is Cc1ncc(CNCc2cc(F)cc(Br)c2)s1. The molecule has 2 rings (SSSR count). The van der Waals surface area contributed by atoms with Crippen LogP contribution in [0.1, 0.15) is 15.4 Å². The van der Waals surface area contributed by atoms with Crippen molar-refractivity contribution in [1.29, 1.82) is 0 Å². The zero-order valence-electron chi connectivity index (χ0n) is 9.34. The van der Waals surface area contributed by atoms with Gasteiger partial charge in [0.25, 0.3) is 0 Å². The Bertz CT molecular complexity index is 493. The third-order valence-electron chi connectivity index (χ3n) is 2.22. The molecule has 17 heavy (non-hydrogen) atoms. The molecule has 1 aromatic carbocycles. The molecule has 1 heterocycles. The molecule has 0 aliphatic rings. The highest BCUT2D eigenvalue weighted by molar-refractivity contribution is 9.10. The highest BCUT2D eigenvalue weighted by Crippen LogP contribution is 2.15. The zero-order chi connectivity index (χ0) is 12.3. The molecule has 0 saturated heterocycles. The van der Waals surface area contributed by atoms with E-state index in [0.717, 1.165) is 21.6 Å². The van der Waals surface area contributed by atoms with Gasteiger partial charge in [0.1, 0.15) is 5.82 Å². The number of nitrogens with zero attached hydrogens (tertiary/aromatic N) is 1. The summed E-state index contributed by atoms with van der Waals surface area (Å²) in [7, 11) is 0. The highest BCUT2D eigenvalue weighted by Gasteiger charge is 2.00. The first-order chi connectivity index (χ1) is 8.13. The molecule has 0 radical (unpaired) electrons. The minimum Gasteiger partial charge on any atom is -0.308 e. The number of benzene rings is 1. The number of rotatable bonds is 4. The van der Waals surface area contributed by atoms with Crippen molar-refractivity contribution in [2.75, 3.05) is 0 Å². The van der Waals surface area contributed by atoms with Crippen LogP contribution < -0.4 is 5.32 Å². The molecule has 0 fully saturated rings. The van der Waals surface area contributed by atoms with Gasteiger partial charge in [-0.1, -0.05) is 15.9 Å². The molecule has 2 nitrogen and oxygen atoms in total. The fourth-order valence-corrected chi connectivity index (χ4v) is 2.81. The lowest BCUT2D eigenvalue weighted by Crippen LogP contribution is -2.11. The van der Waals surface area contributed by atoms with Gasteiger partial charge in [-0.3, -0.25) is 0 Å². The van der Waals surface area contributed by atoms with E-state index in [1.54, 1.807) is 11.3 Å². The lowest BCUT2D eigenvalue weighted by atomic mass is 10.2. The Balaban J connectivity index is 1.89. The molecule has 2 aromatic rings. The maximum atomic E-state index is 13.1. The Kier molecular flexibility index (Phi) is 4.25. The predicted octanol–water partition coefficient (Wildman–Crippen LogP) is 3.64. The van der Waals surface area contributed by atoms with Gasteiger partial charge in [-0.25, -0.2) is 9.37 Å². The summed E-state index contributed by atoms with van der Waals surface area (Å²) >= 11 is 4.95. The van der Waals surface area contributed by atoms with Gasteiger partial charge in [-0.15, -0.1) is 11.3 Å². The molecule has 0 amide bonds. The topological polar surface area (TPSA) is 24.9 Å². The van der Waals surface area contributed by atoms with Crippen LogP contribution in [-0.4, -0.2) is 4.98 Å². The van der Waals surface area contributed by atoms with E-state index in [-0.39, 0.29) is 5.82 Å². The first-order valence-electron chi connectivity index (χ1n) is 5.20. The Morgan fingerprint density at radius 1 is 1.35 bits per heavy atom. The average Bonchev–Trinajstić information content (AvgIpc) is 2.63. The van der Waals surface area contributed by atoms with E-state index in [0.29, 0.717) is 6.54 Å². The van der Waals surface area contributed by atoms with Crippen LogP contribution in [0.4, 0.5) is 4.39 Å². The van der Waals surface area contributed by atoms with Crippen LogP contribution in [0.25, 0.3) is 0 Å². The molecule has 0 saturated carbocycles. The van der Waals surface area contributed by atoms with Crippen LogP contribution in [0.2, 0.25) is 0 Å². The standard InChI is InChI=1S/C12H12BrFN2S/c1-8-16-7-12(17-8)6-15-5-9-2-10(13)4-11(14)3-9/h2-4,7,15H,5-6H2,1H3. The molecule has 0 unspecified atom stereocenters. The van der Waals surface area contributed by atoms with E-state index >= 15 is 0 Å². The largest absolute Gasteiger partial charge is 0.308 e. The Hall–Kier alpha value is -0.780. The summed E-state index contributed by atoms with van der Waals surface area (Å²) < 4.78 is 13.9. The average molecular weight is 315 g/mol. The maximum absolute atomic E-state index is 13.1. The van der Waals surface area contributed by atoms with Crippen molar-refractivity contribution in [2.45, 2.75) is 20.0 Å². The summed E-state index contributed by atoms with van der Waals surface area (Å²) in [5.74, 6) is -0.218. The van der Waals surface area contributed by atoms with Crippen LogP contribution in [0.5, 0.6) is 0 Å². The summed E-state index contributed by atoms with van der Waals surface area (Å²) in [6.07, 6.45) is 1.87. The van der Waals surface area contributed by atoms with Gasteiger partial charge in [0.05, 0.1) is 5.01 Å². The summed E-state index contributed by atoms with van der Waals surface area (Å²) in [4.78, 5) is 5.37. The van der Waals surface area contributed by atoms with E-state index in [2.05, 4.69) is 26.2 Å². The Morgan fingerprint density at radius 2 is 2.18 bits per heavy atom. The van der Waals surface area contributed by atoms with Crippen molar-refractivity contribution in [3.8, 4) is 0 Å². The fourth-order valence-electron chi connectivity index (χ4n) is 1.53. The number of hydrogen-bond donors (Lipinski definition) is 1. The Morgan fingerprint density at radius 3 is 2.82 bits per heavy atom. The summed E-state index contributed by atoms with van der Waals surface area (Å²) in [5.41, 5.74) is 0.929. The minimum atomic E-state index is -0.218. The molecular formula is C12H12BrFN2S. The van der Waals surface area contributed by atoms with Gasteiger partial charge in [-0.05, 0) is 30.7 Å². The molecule has 1 N–H and O–H groups in total. The number of thiazole rings is 1. The molecule has 0 atom stereocenters. The minimum absolute atomic E-state index is 0.218. The number of nitrogens with one attached hydrogen (secondary N) is 1. The fraction of sp³-hybridized carbons (Fsp3) is 0.250. The van der Waals surface area contributed by atoms with Crippen molar-refractivity contribution < 1.29 is 4.39 Å². The second-order valence-corrected chi connectivity index (χ2v) is 5.96. The maximum Gasteiger partial charge on any atom is 0.124 e. The molecule has 0 aliphatic carbocycles. The smallest absolute Gasteiger partial charge is 0.124 e. The number of aromatic nitrogens is 1. The van der Waals surface area contributed by atoms with Gasteiger partial charge in [0, 0.05) is 28.6 Å². The van der Waals surface area contributed by atoms with E-state index in [4.69, 9.17) is 0 Å². The lowest BCUT2D eigenvalue weighted by Gasteiger charge is -2.04. The molecule has 0 spiro atoms. The molecule has 90 valence electrons. The van der Waals surface area contributed by atoms with Gasteiger partial charge >= 0.3 is 0 Å². The third-order valence-corrected chi connectivity index (χ3v) is 3.59. The zero-order valence-corrected chi connectivity index (χ0v) is 11.7. The van der Waals surface area contributed by atoms with E-state index in [1.807, 2.05) is 19.2 Å². The van der Waals surface area contributed by atoms with Crippen molar-refractivity contribution in [2.24, 2.45) is 0 Å². The molecule has 0 aliphatic heterocycles. The van der Waals surface area contributed by atoms with Crippen molar-refractivity contribution in [3.05, 3.63) is 50.1 Å². The summed E-state index contributed by atoms with van der Waals surface area (Å²) in [5, 5.41) is 4.33. The number of halogens is 2. The third kappa shape index (κ3) is 3.87. The first-order valence-corrected chi connectivity index (χ1v) is 6.81. The van der Waals surface area contributed by atoms with Crippen molar-refractivity contribution in [3.63, 3.8) is 0 Å². The lowest BCUT2D eigenvalue weighted by molar-refractivity contribution is 0.619. The number of hydrogen-bond acceptors (Lipinski definition) is 3. The van der Waals surface area contributed by atoms with E-state index in [9.17, 15) is 4.39 Å². The predicted molar refractivity (Wildman–Crippen MR) is 71.5 cm³/mol. The van der Waals surface area contributed by atoms with Gasteiger partial charge in [-0.2, -0.15) is 0 Å². The molecule has 1 aromatic heterocycles. The molecule has 5 heteroatoms. The van der Waals surface area contributed by atoms with Gasteiger partial charge in [0.2, 0.25) is 0 Å². The quantitative estimate of drug-likeness (QED) is 0.932. The van der Waals surface area contributed by atoms with Crippen LogP contribution >= 0.6 is 27.3 Å². The van der Waals surface area contributed by atoms with Gasteiger partial charge < -0.3 is 5.32 Å². The van der Waals surface area contributed by atoms with Crippen LogP contribution in [0, 0.1) is 12.7 Å². The van der Waals surface area contributed by atoms with Crippen LogP contribution in [-0.2, 0) is 13.1 Å². The number of aryl methyl sites for hydroxylation is 1. The van der Waals surface area contributed by atoms with Gasteiger partial charge in [0.15, 0.2) is 0 Å². The summed E-state index contributed by atoms with van der Waals surface area (Å²) in [6, 6.07) is 4.90. The Labute approximate surface area is 112 Å². The first kappa shape index (κ1) is 12.7. The molecular weight excluding hydrogens is 303 g/mol. The second-order valence-electron chi connectivity index (χ2n) is 3.73. The highest BCUT2D eigenvalue weighted by atomic mass is 79.9. The second kappa shape index (κ2) is 5.71. The normalized spacial score (nSPS) is 10.8. The van der Waals surface area contributed by atoms with E-state index < -0.39 is 0 Å². The van der Waals surface area contributed by atoms with Crippen LogP contribution in [0.3, 0.4) is 0 Å². The van der Waals surface area contributed by atoms with Crippen molar-refractivity contribution >= 4 is 27.3 Å². The van der Waals surface area contributed by atoms with Crippen molar-refractivity contribution in [1.82, 2.24) is 10.3 Å². The molecule has 0 bridgehead atoms. The van der Waals surface area contributed by atoms with Crippen LogP contribution in [0.15, 0.2) is 28.9 Å². The monoisotopic (exact) mass is 314 g/mol. The summed E-state index contributed by atoms with van der Waals surface area (Å²) in [6.45, 7) is 3.39.